The molecule has 5 aromatic rings. The summed E-state index contributed by atoms with van der Waals surface area (Å²) in [5.41, 5.74) is 6.00. The number of pyridine rings is 1. The second-order valence-electron chi connectivity index (χ2n) is 13.2. The Hall–Kier alpha value is -5.09. The first kappa shape index (κ1) is 32.5. The van der Waals surface area contributed by atoms with Gasteiger partial charge in [-0.25, -0.2) is 4.79 Å². The Morgan fingerprint density at radius 3 is 2.22 bits per heavy atom. The molecule has 0 saturated carbocycles. The van der Waals surface area contributed by atoms with Crippen molar-refractivity contribution in [3.8, 4) is 23.0 Å². The third kappa shape index (κ3) is 7.49. The molecule has 1 atom stereocenters. The number of ether oxygens (including phenoxy) is 2. The average Bonchev–Trinajstić information content (AvgIpc) is 3.46. The van der Waals surface area contributed by atoms with Crippen molar-refractivity contribution < 1.29 is 19.4 Å². The van der Waals surface area contributed by atoms with Crippen LogP contribution in [0, 0.1) is 5.92 Å². The summed E-state index contributed by atoms with van der Waals surface area (Å²) < 4.78 is 14.4. The van der Waals surface area contributed by atoms with Crippen molar-refractivity contribution in [2.75, 3.05) is 44.2 Å². The van der Waals surface area contributed by atoms with Crippen LogP contribution in [0.4, 0.5) is 10.5 Å². The fourth-order valence-corrected chi connectivity index (χ4v) is 7.03. The standard InChI is InChI=1S/C39H44N6O4/c1-28-24-45(22-21-44(28)25-29-17-19-43(20-18-29)39(46)47)32-13-14-33-35(23-32)42(2)41-37(33)34-15-16-36(48-26-30-9-5-3-6-10-30)40-38(34)49-27-31-11-7-4-8-12-31/h3-16,23,28-29H,17-22,24-27H2,1-2H3,(H,46,47)/t28-/m1/s1. The second kappa shape index (κ2) is 14.6. The van der Waals surface area contributed by atoms with Crippen molar-refractivity contribution in [2.24, 2.45) is 13.0 Å². The van der Waals surface area contributed by atoms with Crippen LogP contribution >= 0.6 is 0 Å². The first-order valence-electron chi connectivity index (χ1n) is 17.2. The molecule has 2 fully saturated rings. The monoisotopic (exact) mass is 660 g/mol. The van der Waals surface area contributed by atoms with E-state index >= 15 is 0 Å². The lowest BCUT2D eigenvalue weighted by Gasteiger charge is -2.43. The number of carbonyl (C=O) groups is 1. The quantitative estimate of drug-likeness (QED) is 0.177. The Labute approximate surface area is 287 Å². The lowest BCUT2D eigenvalue weighted by atomic mass is 9.95. The van der Waals surface area contributed by atoms with E-state index in [0.29, 0.717) is 50.0 Å². The number of likely N-dealkylation sites (tertiary alicyclic amines) is 1. The number of rotatable bonds is 10. The molecule has 0 spiro atoms. The number of benzene rings is 3. The van der Waals surface area contributed by atoms with E-state index in [9.17, 15) is 9.90 Å². The van der Waals surface area contributed by atoms with Gasteiger partial charge in [0.05, 0.1) is 11.1 Å². The minimum Gasteiger partial charge on any atom is -0.473 e. The summed E-state index contributed by atoms with van der Waals surface area (Å²) in [6.07, 6.45) is 1.08. The number of fused-ring (bicyclic) bond motifs is 1. The number of piperidine rings is 1. The molecule has 1 amide bonds. The molecule has 0 aliphatic carbocycles. The summed E-state index contributed by atoms with van der Waals surface area (Å²) >= 11 is 0. The SMILES string of the molecule is C[C@@H]1CN(c2ccc3c(-c4ccc(OCc5ccccc5)nc4OCc4ccccc4)nn(C)c3c2)CCN1CC1CCN(C(=O)O)CC1. The van der Waals surface area contributed by atoms with Crippen LogP contribution in [-0.4, -0.2) is 81.1 Å². The molecule has 7 rings (SSSR count). The van der Waals surface area contributed by atoms with Crippen LogP contribution in [-0.2, 0) is 20.3 Å². The highest BCUT2D eigenvalue weighted by Crippen LogP contribution is 2.37. The molecular formula is C39H44N6O4. The molecule has 2 aliphatic heterocycles. The number of nitrogens with zero attached hydrogens (tertiary/aromatic N) is 6. The van der Waals surface area contributed by atoms with Gasteiger partial charge in [-0.1, -0.05) is 60.7 Å². The molecule has 254 valence electrons. The van der Waals surface area contributed by atoms with E-state index in [1.54, 1.807) is 4.90 Å². The largest absolute Gasteiger partial charge is 0.473 e. The van der Waals surface area contributed by atoms with Crippen LogP contribution in [0.15, 0.2) is 91.0 Å². The molecule has 2 aromatic heterocycles. The molecule has 10 heteroatoms. The molecule has 4 heterocycles. The van der Waals surface area contributed by atoms with Crippen LogP contribution < -0.4 is 14.4 Å². The molecule has 0 unspecified atom stereocenters. The Morgan fingerprint density at radius 2 is 1.55 bits per heavy atom. The number of hydrogen-bond acceptors (Lipinski definition) is 7. The third-order valence-corrected chi connectivity index (χ3v) is 9.88. The molecule has 1 N–H and O–H groups in total. The fourth-order valence-electron chi connectivity index (χ4n) is 7.03. The van der Waals surface area contributed by atoms with Gasteiger partial charge >= 0.3 is 6.09 Å². The lowest BCUT2D eigenvalue weighted by Crippen LogP contribution is -2.54. The molecule has 3 aromatic carbocycles. The zero-order valence-corrected chi connectivity index (χ0v) is 28.2. The highest BCUT2D eigenvalue weighted by atomic mass is 16.5. The third-order valence-electron chi connectivity index (χ3n) is 9.88. The van der Waals surface area contributed by atoms with E-state index in [4.69, 9.17) is 19.6 Å². The summed E-state index contributed by atoms with van der Waals surface area (Å²) in [6.45, 7) is 8.29. The van der Waals surface area contributed by atoms with E-state index < -0.39 is 6.09 Å². The summed E-state index contributed by atoms with van der Waals surface area (Å²) in [5.74, 6) is 1.53. The number of aromatic nitrogens is 3. The zero-order valence-electron chi connectivity index (χ0n) is 28.2. The predicted molar refractivity (Wildman–Crippen MR) is 191 cm³/mol. The molecule has 49 heavy (non-hydrogen) atoms. The van der Waals surface area contributed by atoms with Crippen molar-refractivity contribution in [2.45, 2.75) is 39.0 Å². The van der Waals surface area contributed by atoms with Crippen molar-refractivity contribution in [3.05, 3.63) is 102 Å². The van der Waals surface area contributed by atoms with Crippen molar-refractivity contribution in [1.29, 1.82) is 0 Å². The van der Waals surface area contributed by atoms with Crippen LogP contribution in [0.5, 0.6) is 11.8 Å². The van der Waals surface area contributed by atoms with Crippen molar-refractivity contribution >= 4 is 22.7 Å². The van der Waals surface area contributed by atoms with Gasteiger partial charge < -0.3 is 24.4 Å². The minimum atomic E-state index is -0.798. The smallest absolute Gasteiger partial charge is 0.407 e. The Bertz CT molecular complexity index is 1870. The maximum absolute atomic E-state index is 11.3. The van der Waals surface area contributed by atoms with Gasteiger partial charge in [0.2, 0.25) is 11.8 Å². The number of anilines is 1. The number of carboxylic acid groups (broad SMARTS) is 1. The van der Waals surface area contributed by atoms with Gasteiger partial charge in [0.1, 0.15) is 18.9 Å². The predicted octanol–water partition coefficient (Wildman–Crippen LogP) is 6.69. The zero-order chi connectivity index (χ0) is 33.7. The van der Waals surface area contributed by atoms with E-state index in [-0.39, 0.29) is 0 Å². The topological polar surface area (TPSA) is 96.2 Å². The number of piperazine rings is 1. The molecule has 0 radical (unpaired) electrons. The maximum Gasteiger partial charge on any atom is 0.407 e. The number of hydrogen-bond donors (Lipinski definition) is 1. The minimum absolute atomic E-state index is 0.379. The molecule has 10 nitrogen and oxygen atoms in total. The normalized spacial score (nSPS) is 17.4. The maximum atomic E-state index is 11.3. The fraction of sp³-hybridized carbons (Fsp3) is 0.359. The molecule has 2 saturated heterocycles. The van der Waals surface area contributed by atoms with Gasteiger partial charge in [0.15, 0.2) is 0 Å². The first-order valence-corrected chi connectivity index (χ1v) is 17.2. The average molecular weight is 661 g/mol. The van der Waals surface area contributed by atoms with Crippen LogP contribution in [0.3, 0.4) is 0 Å². The Balaban J connectivity index is 1.08. The first-order chi connectivity index (χ1) is 23.9. The van der Waals surface area contributed by atoms with Gasteiger partial charge in [-0.15, -0.1) is 0 Å². The number of amides is 1. The van der Waals surface area contributed by atoms with E-state index in [2.05, 4.69) is 34.9 Å². The number of aryl methyl sites for hydroxylation is 1. The van der Waals surface area contributed by atoms with Crippen molar-refractivity contribution in [1.82, 2.24) is 24.6 Å². The van der Waals surface area contributed by atoms with Gasteiger partial charge in [-0.05, 0) is 61.1 Å². The van der Waals surface area contributed by atoms with Gasteiger partial charge in [0, 0.05) is 69.5 Å². The van der Waals surface area contributed by atoms with Gasteiger partial charge in [-0.3, -0.25) is 9.58 Å². The van der Waals surface area contributed by atoms with E-state index in [0.717, 1.165) is 72.3 Å². The Kier molecular flexibility index (Phi) is 9.65. The molecule has 2 aliphatic rings. The molecular weight excluding hydrogens is 616 g/mol. The summed E-state index contributed by atoms with van der Waals surface area (Å²) in [6, 6.07) is 31.0. The summed E-state index contributed by atoms with van der Waals surface area (Å²) in [7, 11) is 1.99. The Morgan fingerprint density at radius 1 is 0.857 bits per heavy atom. The highest BCUT2D eigenvalue weighted by molar-refractivity contribution is 5.96. The second-order valence-corrected chi connectivity index (χ2v) is 13.2. The summed E-state index contributed by atoms with van der Waals surface area (Å²) in [4.78, 5) is 22.7. The van der Waals surface area contributed by atoms with E-state index in [1.807, 2.05) is 84.5 Å². The van der Waals surface area contributed by atoms with Crippen LogP contribution in [0.2, 0.25) is 0 Å². The lowest BCUT2D eigenvalue weighted by molar-refractivity contribution is 0.101. The van der Waals surface area contributed by atoms with Gasteiger partial charge in [-0.2, -0.15) is 10.1 Å². The van der Waals surface area contributed by atoms with Crippen molar-refractivity contribution in [3.63, 3.8) is 0 Å². The van der Waals surface area contributed by atoms with Crippen LogP contribution in [0.1, 0.15) is 30.9 Å². The van der Waals surface area contributed by atoms with Crippen LogP contribution in [0.25, 0.3) is 22.2 Å². The summed E-state index contributed by atoms with van der Waals surface area (Å²) in [5, 5.41) is 15.3. The molecule has 0 bridgehead atoms. The highest BCUT2D eigenvalue weighted by Gasteiger charge is 2.29. The van der Waals surface area contributed by atoms with E-state index in [1.165, 1.54) is 5.69 Å². The van der Waals surface area contributed by atoms with Gasteiger partial charge in [0.25, 0.3) is 0 Å².